The van der Waals surface area contributed by atoms with Crippen molar-refractivity contribution in [1.82, 2.24) is 15.3 Å². The smallest absolute Gasteiger partial charge is 0.319 e. The quantitative estimate of drug-likeness (QED) is 0.723. The number of amides is 2. The van der Waals surface area contributed by atoms with Crippen LogP contribution in [0.4, 0.5) is 10.5 Å². The summed E-state index contributed by atoms with van der Waals surface area (Å²) in [7, 11) is 0. The van der Waals surface area contributed by atoms with Crippen molar-refractivity contribution in [2.75, 3.05) is 5.32 Å². The molecule has 3 rings (SSSR count). The van der Waals surface area contributed by atoms with E-state index in [1.807, 2.05) is 43.3 Å². The number of nitrogens with zero attached hydrogens (tertiary/aromatic N) is 2. The minimum atomic E-state index is -0.249. The third-order valence-corrected chi connectivity index (χ3v) is 4.95. The van der Waals surface area contributed by atoms with Gasteiger partial charge in [0, 0.05) is 17.8 Å². The fraction of sp³-hybridized carbons (Fsp3) is 0.278. The van der Waals surface area contributed by atoms with E-state index in [2.05, 4.69) is 34.4 Å². The zero-order valence-corrected chi connectivity index (χ0v) is 14.7. The molecule has 3 aromatic rings. The Labute approximate surface area is 145 Å². The lowest BCUT2D eigenvalue weighted by Gasteiger charge is -2.14. The molecule has 2 N–H and O–H groups in total. The highest BCUT2D eigenvalue weighted by Gasteiger charge is 2.12. The Morgan fingerprint density at radius 1 is 1.17 bits per heavy atom. The first-order valence-electron chi connectivity index (χ1n) is 7.92. The van der Waals surface area contributed by atoms with E-state index in [0.29, 0.717) is 5.92 Å². The van der Waals surface area contributed by atoms with Gasteiger partial charge in [0.15, 0.2) is 0 Å². The van der Waals surface area contributed by atoms with Crippen LogP contribution in [0.2, 0.25) is 0 Å². The number of fused-ring (bicyclic) bond motifs is 1. The first-order valence-corrected chi connectivity index (χ1v) is 8.73. The molecule has 1 atom stereocenters. The standard InChI is InChI=1S/C18H20N4OS/c1-11(2)17-22-15-8-7-13(10-16(15)24-17)21-18(23)20-12(3)14-6-4-5-9-19-14/h4-12H,1-3H3,(H2,20,21,23). The van der Waals surface area contributed by atoms with E-state index in [9.17, 15) is 4.79 Å². The molecule has 0 saturated heterocycles. The maximum atomic E-state index is 12.2. The second kappa shape index (κ2) is 6.97. The zero-order chi connectivity index (χ0) is 17.1. The molecule has 0 aliphatic carbocycles. The van der Waals surface area contributed by atoms with Crippen molar-refractivity contribution in [2.45, 2.75) is 32.7 Å². The largest absolute Gasteiger partial charge is 0.330 e. The fourth-order valence-electron chi connectivity index (χ4n) is 2.34. The third kappa shape index (κ3) is 3.71. The fourth-order valence-corrected chi connectivity index (χ4v) is 3.35. The number of benzene rings is 1. The van der Waals surface area contributed by atoms with E-state index in [1.165, 1.54) is 0 Å². The van der Waals surface area contributed by atoms with Gasteiger partial charge in [-0.1, -0.05) is 19.9 Å². The number of hydrogen-bond donors (Lipinski definition) is 2. The van der Waals surface area contributed by atoms with Crippen LogP contribution in [0, 0.1) is 0 Å². The Bertz CT molecular complexity index is 845. The van der Waals surface area contributed by atoms with E-state index >= 15 is 0 Å². The van der Waals surface area contributed by atoms with Gasteiger partial charge in [-0.15, -0.1) is 11.3 Å². The molecular weight excluding hydrogens is 320 g/mol. The Balaban J connectivity index is 1.69. The van der Waals surface area contributed by atoms with E-state index in [4.69, 9.17) is 0 Å². The summed E-state index contributed by atoms with van der Waals surface area (Å²) in [6.07, 6.45) is 1.72. The Hall–Kier alpha value is -2.47. The number of anilines is 1. The average Bonchev–Trinajstić information content (AvgIpc) is 2.99. The van der Waals surface area contributed by atoms with Gasteiger partial charge in [0.25, 0.3) is 0 Å². The lowest BCUT2D eigenvalue weighted by Crippen LogP contribution is -2.31. The highest BCUT2D eigenvalue weighted by atomic mass is 32.1. The summed E-state index contributed by atoms with van der Waals surface area (Å²) in [6, 6.07) is 11.0. The van der Waals surface area contributed by atoms with E-state index < -0.39 is 0 Å². The van der Waals surface area contributed by atoms with Gasteiger partial charge in [-0.25, -0.2) is 9.78 Å². The van der Waals surface area contributed by atoms with Gasteiger partial charge in [-0.2, -0.15) is 0 Å². The molecule has 0 saturated carbocycles. The van der Waals surface area contributed by atoms with Crippen LogP contribution in [-0.2, 0) is 0 Å². The average molecular weight is 340 g/mol. The van der Waals surface area contributed by atoms with Crippen molar-refractivity contribution >= 4 is 33.3 Å². The minimum Gasteiger partial charge on any atom is -0.330 e. The van der Waals surface area contributed by atoms with Gasteiger partial charge in [0.05, 0.1) is 27.0 Å². The molecule has 0 aliphatic rings. The molecule has 2 amide bonds. The summed E-state index contributed by atoms with van der Waals surface area (Å²) in [5.74, 6) is 0.404. The van der Waals surface area contributed by atoms with Gasteiger partial charge in [-0.3, -0.25) is 4.98 Å². The SMILES string of the molecule is CC(C)c1nc2ccc(NC(=O)NC(C)c3ccccn3)cc2s1. The van der Waals surface area contributed by atoms with Crippen LogP contribution in [0.5, 0.6) is 0 Å². The minimum absolute atomic E-state index is 0.161. The molecule has 2 aromatic heterocycles. The summed E-state index contributed by atoms with van der Waals surface area (Å²) in [6.45, 7) is 6.16. The zero-order valence-electron chi connectivity index (χ0n) is 13.9. The second-order valence-electron chi connectivity index (χ2n) is 5.96. The predicted octanol–water partition coefficient (Wildman–Crippen LogP) is 4.70. The van der Waals surface area contributed by atoms with Crippen molar-refractivity contribution in [3.05, 3.63) is 53.3 Å². The summed E-state index contributed by atoms with van der Waals surface area (Å²) in [5, 5.41) is 6.87. The molecule has 0 fully saturated rings. The van der Waals surface area contributed by atoms with Gasteiger partial charge in [0.2, 0.25) is 0 Å². The van der Waals surface area contributed by atoms with E-state index in [1.54, 1.807) is 17.5 Å². The van der Waals surface area contributed by atoms with Crippen molar-refractivity contribution in [2.24, 2.45) is 0 Å². The molecule has 24 heavy (non-hydrogen) atoms. The highest BCUT2D eigenvalue weighted by molar-refractivity contribution is 7.18. The second-order valence-corrected chi connectivity index (χ2v) is 7.03. The van der Waals surface area contributed by atoms with Crippen molar-refractivity contribution in [3.8, 4) is 0 Å². The summed E-state index contributed by atoms with van der Waals surface area (Å²) in [5.41, 5.74) is 2.55. The Morgan fingerprint density at radius 2 is 2.00 bits per heavy atom. The van der Waals surface area contributed by atoms with Crippen molar-refractivity contribution < 1.29 is 4.79 Å². The number of hydrogen-bond acceptors (Lipinski definition) is 4. The van der Waals surface area contributed by atoms with Crippen LogP contribution in [0.25, 0.3) is 10.2 Å². The van der Waals surface area contributed by atoms with E-state index in [0.717, 1.165) is 26.6 Å². The number of nitrogens with one attached hydrogen (secondary N) is 2. The lowest BCUT2D eigenvalue weighted by atomic mass is 10.2. The molecular formula is C18H20N4OS. The number of thiazole rings is 1. The van der Waals surface area contributed by atoms with Crippen LogP contribution in [-0.4, -0.2) is 16.0 Å². The molecule has 1 aromatic carbocycles. The summed E-state index contributed by atoms with van der Waals surface area (Å²) < 4.78 is 1.08. The van der Waals surface area contributed by atoms with Gasteiger partial charge >= 0.3 is 6.03 Å². The highest BCUT2D eigenvalue weighted by Crippen LogP contribution is 2.29. The number of carbonyl (C=O) groups excluding carboxylic acids is 1. The van der Waals surface area contributed by atoms with Gasteiger partial charge in [0.1, 0.15) is 0 Å². The monoisotopic (exact) mass is 340 g/mol. The topological polar surface area (TPSA) is 66.9 Å². The molecule has 1 unspecified atom stereocenters. The van der Waals surface area contributed by atoms with Crippen LogP contribution in [0.15, 0.2) is 42.6 Å². The normalized spacial score (nSPS) is 12.3. The van der Waals surface area contributed by atoms with Crippen LogP contribution in [0.3, 0.4) is 0 Å². The number of carbonyl (C=O) groups is 1. The molecule has 0 spiro atoms. The van der Waals surface area contributed by atoms with E-state index in [-0.39, 0.29) is 12.1 Å². The van der Waals surface area contributed by atoms with Crippen LogP contribution >= 0.6 is 11.3 Å². The van der Waals surface area contributed by atoms with Crippen molar-refractivity contribution in [3.63, 3.8) is 0 Å². The predicted molar refractivity (Wildman–Crippen MR) is 98.5 cm³/mol. The number of pyridine rings is 1. The molecule has 6 heteroatoms. The van der Waals surface area contributed by atoms with Crippen molar-refractivity contribution in [1.29, 1.82) is 0 Å². The maximum absolute atomic E-state index is 12.2. The molecule has 124 valence electrons. The summed E-state index contributed by atoms with van der Waals surface area (Å²) in [4.78, 5) is 21.0. The third-order valence-electron chi connectivity index (χ3n) is 3.64. The van der Waals surface area contributed by atoms with Gasteiger partial charge in [-0.05, 0) is 37.3 Å². The molecule has 0 bridgehead atoms. The Morgan fingerprint density at radius 3 is 2.71 bits per heavy atom. The van der Waals surface area contributed by atoms with Crippen LogP contribution in [0.1, 0.15) is 43.4 Å². The molecule has 5 nitrogen and oxygen atoms in total. The summed E-state index contributed by atoms with van der Waals surface area (Å²) >= 11 is 1.66. The molecule has 2 heterocycles. The first-order chi connectivity index (χ1) is 11.5. The number of aromatic nitrogens is 2. The van der Waals surface area contributed by atoms with Gasteiger partial charge < -0.3 is 10.6 Å². The maximum Gasteiger partial charge on any atom is 0.319 e. The number of rotatable bonds is 4. The first kappa shape index (κ1) is 16.4. The lowest BCUT2D eigenvalue weighted by molar-refractivity contribution is 0.249. The molecule has 0 radical (unpaired) electrons. The number of urea groups is 1. The van der Waals surface area contributed by atoms with Crippen LogP contribution < -0.4 is 10.6 Å². The Kier molecular flexibility index (Phi) is 4.76. The molecule has 0 aliphatic heterocycles.